The minimum atomic E-state index is -0.420. The first-order valence-corrected chi connectivity index (χ1v) is 6.38. The molecule has 0 bridgehead atoms. The van der Waals surface area contributed by atoms with Gasteiger partial charge in [-0.2, -0.15) is 0 Å². The van der Waals surface area contributed by atoms with Crippen LogP contribution in [0.4, 0.5) is 5.69 Å². The number of hydrogen-bond donors (Lipinski definition) is 3. The molecule has 0 aromatic heterocycles. The van der Waals surface area contributed by atoms with Gasteiger partial charge in [0.25, 0.3) is 5.91 Å². The van der Waals surface area contributed by atoms with Crippen LogP contribution < -0.4 is 11.1 Å². The number of nitrogens with one attached hydrogen (secondary N) is 1. The molecule has 1 aromatic rings. The van der Waals surface area contributed by atoms with Crippen molar-refractivity contribution >= 4 is 27.5 Å². The van der Waals surface area contributed by atoms with E-state index in [0.717, 1.165) is 12.8 Å². The first kappa shape index (κ1) is 12.4. The number of rotatable bonds is 4. The van der Waals surface area contributed by atoms with Gasteiger partial charge in [0.15, 0.2) is 0 Å². The number of aliphatic hydroxyl groups is 1. The Hall–Kier alpha value is -1.07. The molecule has 1 aliphatic rings. The summed E-state index contributed by atoms with van der Waals surface area (Å²) in [6, 6.07) is 5.02. The van der Waals surface area contributed by atoms with Crippen molar-refractivity contribution in [2.45, 2.75) is 18.9 Å². The number of halogens is 1. The average Bonchev–Trinajstić information content (AvgIpc) is 3.13. The number of nitrogen functional groups attached to an aromatic ring is 1. The van der Waals surface area contributed by atoms with Crippen molar-refractivity contribution in [1.82, 2.24) is 5.32 Å². The van der Waals surface area contributed by atoms with Gasteiger partial charge in [-0.3, -0.25) is 4.79 Å². The van der Waals surface area contributed by atoms with Gasteiger partial charge in [0.05, 0.1) is 6.10 Å². The van der Waals surface area contributed by atoms with Crippen molar-refractivity contribution in [3.05, 3.63) is 28.2 Å². The molecule has 0 radical (unpaired) electrons. The monoisotopic (exact) mass is 298 g/mol. The molecule has 0 saturated heterocycles. The Bertz CT molecular complexity index is 433. The number of carbonyl (C=O) groups is 1. The van der Waals surface area contributed by atoms with Crippen molar-refractivity contribution in [3.8, 4) is 0 Å². The normalized spacial score (nSPS) is 16.6. The van der Waals surface area contributed by atoms with Crippen LogP contribution in [0.1, 0.15) is 23.2 Å². The van der Waals surface area contributed by atoms with Crippen molar-refractivity contribution in [2.24, 2.45) is 5.92 Å². The minimum absolute atomic E-state index is 0.189. The van der Waals surface area contributed by atoms with E-state index >= 15 is 0 Å². The molecule has 1 saturated carbocycles. The van der Waals surface area contributed by atoms with Gasteiger partial charge in [0.1, 0.15) is 0 Å². The molecule has 2 rings (SSSR count). The summed E-state index contributed by atoms with van der Waals surface area (Å²) in [7, 11) is 0. The van der Waals surface area contributed by atoms with E-state index in [0.29, 0.717) is 28.2 Å². The first-order valence-electron chi connectivity index (χ1n) is 5.59. The maximum Gasteiger partial charge on any atom is 0.251 e. The highest BCUT2D eigenvalue weighted by Crippen LogP contribution is 2.32. The molecule has 4 nitrogen and oxygen atoms in total. The Morgan fingerprint density at radius 2 is 2.29 bits per heavy atom. The van der Waals surface area contributed by atoms with E-state index in [1.165, 1.54) is 0 Å². The van der Waals surface area contributed by atoms with Gasteiger partial charge < -0.3 is 16.2 Å². The Labute approximate surface area is 108 Å². The Balaban J connectivity index is 1.92. The van der Waals surface area contributed by atoms with E-state index in [1.54, 1.807) is 18.2 Å². The van der Waals surface area contributed by atoms with Gasteiger partial charge >= 0.3 is 0 Å². The molecule has 5 heteroatoms. The fourth-order valence-corrected chi connectivity index (χ4v) is 1.99. The highest BCUT2D eigenvalue weighted by molar-refractivity contribution is 9.10. The zero-order valence-electron chi connectivity index (χ0n) is 9.32. The average molecular weight is 299 g/mol. The lowest BCUT2D eigenvalue weighted by Crippen LogP contribution is -2.33. The lowest BCUT2D eigenvalue weighted by atomic mass is 10.2. The molecule has 92 valence electrons. The molecular weight excluding hydrogens is 284 g/mol. The summed E-state index contributed by atoms with van der Waals surface area (Å²) in [4.78, 5) is 11.8. The van der Waals surface area contributed by atoms with E-state index in [1.807, 2.05) is 0 Å². The standard InChI is InChI=1S/C12H15BrN2O2/c13-9-5-8(3-4-10(9)14)12(17)15-6-11(16)7-1-2-7/h3-5,7,11,16H,1-2,6,14H2,(H,15,17). The molecule has 1 fully saturated rings. The van der Waals surface area contributed by atoms with Crippen LogP contribution in [0.3, 0.4) is 0 Å². The molecule has 4 N–H and O–H groups in total. The van der Waals surface area contributed by atoms with Crippen LogP contribution in [0.25, 0.3) is 0 Å². The maximum atomic E-state index is 11.8. The zero-order valence-corrected chi connectivity index (χ0v) is 10.9. The molecular formula is C12H15BrN2O2. The number of benzene rings is 1. The summed E-state index contributed by atoms with van der Waals surface area (Å²) in [6.45, 7) is 0.311. The van der Waals surface area contributed by atoms with Gasteiger partial charge in [0, 0.05) is 22.3 Å². The van der Waals surface area contributed by atoms with Gasteiger partial charge in [-0.15, -0.1) is 0 Å². The van der Waals surface area contributed by atoms with Crippen molar-refractivity contribution in [3.63, 3.8) is 0 Å². The number of aliphatic hydroxyl groups excluding tert-OH is 1. The molecule has 0 spiro atoms. The van der Waals surface area contributed by atoms with Crippen molar-refractivity contribution in [2.75, 3.05) is 12.3 Å². The number of anilines is 1. The molecule has 0 heterocycles. The van der Waals surface area contributed by atoms with Crippen LogP contribution in [-0.2, 0) is 0 Å². The molecule has 1 atom stereocenters. The summed E-state index contributed by atoms with van der Waals surface area (Å²) >= 11 is 3.27. The van der Waals surface area contributed by atoms with Gasteiger partial charge in [-0.25, -0.2) is 0 Å². The third kappa shape index (κ3) is 3.20. The van der Waals surface area contributed by atoms with E-state index in [9.17, 15) is 9.90 Å². The number of nitrogens with two attached hydrogens (primary N) is 1. The van der Waals surface area contributed by atoms with Crippen molar-refractivity contribution < 1.29 is 9.90 Å². The molecule has 1 aromatic carbocycles. The molecule has 17 heavy (non-hydrogen) atoms. The summed E-state index contributed by atoms with van der Waals surface area (Å²) < 4.78 is 0.702. The highest BCUT2D eigenvalue weighted by atomic mass is 79.9. The van der Waals surface area contributed by atoms with Crippen LogP contribution in [0.5, 0.6) is 0 Å². The third-order valence-electron chi connectivity index (χ3n) is 2.90. The van der Waals surface area contributed by atoms with E-state index in [2.05, 4.69) is 21.2 Å². The summed E-state index contributed by atoms with van der Waals surface area (Å²) in [5.74, 6) is 0.179. The topological polar surface area (TPSA) is 75.4 Å². The summed E-state index contributed by atoms with van der Waals surface area (Å²) in [5, 5.41) is 12.4. The quantitative estimate of drug-likeness (QED) is 0.738. The van der Waals surface area contributed by atoms with Crippen LogP contribution in [-0.4, -0.2) is 23.7 Å². The Morgan fingerprint density at radius 3 is 2.88 bits per heavy atom. The Morgan fingerprint density at radius 1 is 1.59 bits per heavy atom. The molecule has 1 amide bonds. The summed E-state index contributed by atoms with van der Waals surface area (Å²) in [5.41, 5.74) is 6.77. The maximum absolute atomic E-state index is 11.8. The predicted molar refractivity (Wildman–Crippen MR) is 69.6 cm³/mol. The van der Waals surface area contributed by atoms with Gasteiger partial charge in [0.2, 0.25) is 0 Å². The predicted octanol–water partition coefficient (Wildman–Crippen LogP) is 1.53. The van der Waals surface area contributed by atoms with E-state index < -0.39 is 6.10 Å². The van der Waals surface area contributed by atoms with E-state index in [4.69, 9.17) is 5.73 Å². The molecule has 0 aliphatic heterocycles. The van der Waals surface area contributed by atoms with Crippen LogP contribution in [0.2, 0.25) is 0 Å². The van der Waals surface area contributed by atoms with Crippen molar-refractivity contribution in [1.29, 1.82) is 0 Å². The number of carbonyl (C=O) groups excluding carboxylic acids is 1. The second-order valence-corrected chi connectivity index (χ2v) is 5.21. The largest absolute Gasteiger partial charge is 0.398 e. The molecule has 1 aliphatic carbocycles. The fourth-order valence-electron chi connectivity index (χ4n) is 1.62. The molecule has 1 unspecified atom stereocenters. The smallest absolute Gasteiger partial charge is 0.251 e. The SMILES string of the molecule is Nc1ccc(C(=O)NCC(O)C2CC2)cc1Br. The second kappa shape index (κ2) is 5.06. The van der Waals surface area contributed by atoms with E-state index in [-0.39, 0.29) is 5.91 Å². The van der Waals surface area contributed by atoms with Crippen LogP contribution >= 0.6 is 15.9 Å². The van der Waals surface area contributed by atoms with Gasteiger partial charge in [-0.05, 0) is 52.9 Å². The lowest BCUT2D eigenvalue weighted by Gasteiger charge is -2.11. The second-order valence-electron chi connectivity index (χ2n) is 4.35. The highest BCUT2D eigenvalue weighted by Gasteiger charge is 2.29. The summed E-state index contributed by atoms with van der Waals surface area (Å²) in [6.07, 6.45) is 1.70. The number of amides is 1. The van der Waals surface area contributed by atoms with Crippen LogP contribution in [0, 0.1) is 5.92 Å². The van der Waals surface area contributed by atoms with Crippen LogP contribution in [0.15, 0.2) is 22.7 Å². The number of hydrogen-bond acceptors (Lipinski definition) is 3. The lowest BCUT2D eigenvalue weighted by molar-refractivity contribution is 0.0901. The third-order valence-corrected chi connectivity index (χ3v) is 3.59. The minimum Gasteiger partial charge on any atom is -0.398 e. The fraction of sp³-hybridized carbons (Fsp3) is 0.417. The Kier molecular flexibility index (Phi) is 3.69. The first-order chi connectivity index (χ1) is 8.08. The zero-order chi connectivity index (χ0) is 12.4. The van der Waals surface area contributed by atoms with Gasteiger partial charge in [-0.1, -0.05) is 0 Å².